The Hall–Kier alpha value is -1.13. The van der Waals surface area contributed by atoms with Crippen molar-refractivity contribution < 1.29 is 22.4 Å². The van der Waals surface area contributed by atoms with Crippen molar-refractivity contribution in [3.8, 4) is 0 Å². The fraction of sp³-hybridized carbons (Fsp3) is 0.706. The molecule has 0 aromatic carbocycles. The van der Waals surface area contributed by atoms with Gasteiger partial charge < -0.3 is 19.8 Å². The van der Waals surface area contributed by atoms with Gasteiger partial charge >= 0.3 is 0 Å². The van der Waals surface area contributed by atoms with E-state index in [0.717, 1.165) is 25.9 Å². The molecule has 1 fully saturated rings. The van der Waals surface area contributed by atoms with E-state index in [9.17, 15) is 13.2 Å². The molecule has 1 aliphatic rings. The second-order valence-corrected chi connectivity index (χ2v) is 9.45. The minimum atomic E-state index is -3.81. The van der Waals surface area contributed by atoms with Crippen molar-refractivity contribution in [2.45, 2.75) is 44.2 Å². The molecule has 0 aliphatic carbocycles. The van der Waals surface area contributed by atoms with E-state index < -0.39 is 21.5 Å². The average molecular weight is 424 g/mol. The molecule has 0 unspecified atom stereocenters. The van der Waals surface area contributed by atoms with Crippen LogP contribution in [-0.4, -0.2) is 53.2 Å². The first-order valence-corrected chi connectivity index (χ1v) is 10.2. The second kappa shape index (κ2) is 9.38. The summed E-state index contributed by atoms with van der Waals surface area (Å²) >= 11 is 0. The maximum absolute atomic E-state index is 12.4. The molecule has 1 amide bonds. The second-order valence-electron chi connectivity index (χ2n) is 7.84. The number of methoxy groups -OCH3 is 1. The summed E-state index contributed by atoms with van der Waals surface area (Å²) in [5.74, 6) is -0.461. The fourth-order valence-corrected chi connectivity index (χ4v) is 4.38. The maximum atomic E-state index is 12.4. The Labute approximate surface area is 167 Å². The minimum Gasteiger partial charge on any atom is -0.438 e. The molecule has 1 aromatic heterocycles. The highest BCUT2D eigenvalue weighted by Gasteiger charge is 2.33. The number of rotatable bonds is 7. The molecular weight excluding hydrogens is 394 g/mol. The van der Waals surface area contributed by atoms with Gasteiger partial charge in [-0.05, 0) is 58.8 Å². The van der Waals surface area contributed by atoms with E-state index in [1.165, 1.54) is 12.1 Å². The van der Waals surface area contributed by atoms with Gasteiger partial charge in [0.05, 0.1) is 6.61 Å². The van der Waals surface area contributed by atoms with Gasteiger partial charge in [-0.15, -0.1) is 12.4 Å². The van der Waals surface area contributed by atoms with Gasteiger partial charge in [0.2, 0.25) is 5.09 Å². The predicted molar refractivity (Wildman–Crippen MR) is 105 cm³/mol. The molecule has 2 heterocycles. The van der Waals surface area contributed by atoms with Crippen LogP contribution in [0.25, 0.3) is 0 Å². The highest BCUT2D eigenvalue weighted by atomic mass is 35.5. The van der Waals surface area contributed by atoms with Crippen molar-refractivity contribution in [3.05, 3.63) is 17.9 Å². The molecule has 1 aliphatic heterocycles. The lowest BCUT2D eigenvalue weighted by Crippen LogP contribution is -2.47. The number of carbonyl (C=O) groups excluding carboxylic acids is 1. The highest BCUT2D eigenvalue weighted by Crippen LogP contribution is 2.28. The Morgan fingerprint density at radius 3 is 2.48 bits per heavy atom. The number of amides is 1. The largest absolute Gasteiger partial charge is 0.438 e. The van der Waals surface area contributed by atoms with Crippen LogP contribution in [0.4, 0.5) is 0 Å². The summed E-state index contributed by atoms with van der Waals surface area (Å²) in [5.41, 5.74) is -0.763. The third-order valence-electron chi connectivity index (χ3n) is 4.25. The normalized spacial score (nSPS) is 17.2. The van der Waals surface area contributed by atoms with Crippen LogP contribution in [0.2, 0.25) is 0 Å². The van der Waals surface area contributed by atoms with Crippen LogP contribution in [0.1, 0.15) is 44.2 Å². The molecule has 10 heteroatoms. The first-order chi connectivity index (χ1) is 12.1. The first-order valence-electron chi connectivity index (χ1n) is 8.69. The van der Waals surface area contributed by atoms with E-state index in [1.807, 2.05) is 0 Å². The van der Waals surface area contributed by atoms with Crippen LogP contribution in [0.15, 0.2) is 21.6 Å². The Balaban J connectivity index is 0.00000364. The van der Waals surface area contributed by atoms with Gasteiger partial charge in [0.15, 0.2) is 5.76 Å². The van der Waals surface area contributed by atoms with E-state index in [2.05, 4.69) is 15.4 Å². The molecule has 0 radical (unpaired) electrons. The quantitative estimate of drug-likeness (QED) is 0.613. The van der Waals surface area contributed by atoms with E-state index >= 15 is 0 Å². The molecule has 0 bridgehead atoms. The van der Waals surface area contributed by atoms with Crippen molar-refractivity contribution in [2.75, 3.05) is 33.4 Å². The maximum Gasteiger partial charge on any atom is 0.287 e. The van der Waals surface area contributed by atoms with Crippen LogP contribution in [0.3, 0.4) is 0 Å². The summed E-state index contributed by atoms with van der Waals surface area (Å²) in [6.07, 6.45) is 1.79. The third kappa shape index (κ3) is 6.76. The molecule has 156 valence electrons. The number of nitrogens with one attached hydrogen (secondary N) is 3. The van der Waals surface area contributed by atoms with Crippen molar-refractivity contribution in [1.29, 1.82) is 0 Å². The molecule has 2 rings (SSSR count). The topological polar surface area (TPSA) is 110 Å². The monoisotopic (exact) mass is 423 g/mol. The van der Waals surface area contributed by atoms with Gasteiger partial charge in [-0.2, -0.15) is 0 Å². The van der Waals surface area contributed by atoms with Crippen LogP contribution in [-0.2, 0) is 14.8 Å². The zero-order chi connectivity index (χ0) is 19.4. The lowest BCUT2D eigenvalue weighted by atomic mass is 9.79. The zero-order valence-corrected chi connectivity index (χ0v) is 17.9. The Kier molecular flexibility index (Phi) is 8.31. The number of hydrogen-bond donors (Lipinski definition) is 3. The Morgan fingerprint density at radius 2 is 1.93 bits per heavy atom. The first kappa shape index (κ1) is 23.9. The standard InChI is InChI=1S/C17H29N3O5S.ClH/c1-16(2,3)20-26(22,23)14-6-5-13(25-14)15(21)19-11-17(12-24-4)7-9-18-10-8-17;/h5-6,18,20H,7-12H2,1-4H3,(H,19,21);1H. The molecular formula is C17H30ClN3O5S. The molecule has 1 saturated heterocycles. The van der Waals surface area contributed by atoms with Gasteiger partial charge in [-0.1, -0.05) is 0 Å². The van der Waals surface area contributed by atoms with Crippen molar-refractivity contribution in [3.63, 3.8) is 0 Å². The van der Waals surface area contributed by atoms with E-state index in [4.69, 9.17) is 9.15 Å². The Morgan fingerprint density at radius 1 is 1.30 bits per heavy atom. The van der Waals surface area contributed by atoms with Crippen molar-refractivity contribution >= 4 is 28.3 Å². The molecule has 8 nitrogen and oxygen atoms in total. The summed E-state index contributed by atoms with van der Waals surface area (Å²) < 4.78 is 37.6. The summed E-state index contributed by atoms with van der Waals surface area (Å²) in [6.45, 7) is 7.95. The lowest BCUT2D eigenvalue weighted by Gasteiger charge is -2.37. The van der Waals surface area contributed by atoms with Gasteiger partial charge in [-0.3, -0.25) is 4.79 Å². The molecule has 27 heavy (non-hydrogen) atoms. The van der Waals surface area contributed by atoms with Crippen LogP contribution in [0, 0.1) is 5.41 Å². The summed E-state index contributed by atoms with van der Waals surface area (Å²) in [6, 6.07) is 2.66. The summed E-state index contributed by atoms with van der Waals surface area (Å²) in [7, 11) is -2.16. The van der Waals surface area contributed by atoms with Gasteiger partial charge in [-0.25, -0.2) is 13.1 Å². The zero-order valence-electron chi connectivity index (χ0n) is 16.3. The molecule has 0 saturated carbocycles. The number of carbonyl (C=O) groups is 1. The van der Waals surface area contributed by atoms with Gasteiger partial charge in [0, 0.05) is 24.6 Å². The number of ether oxygens (including phenoxy) is 1. The minimum absolute atomic E-state index is 0. The lowest BCUT2D eigenvalue weighted by molar-refractivity contribution is 0.0505. The van der Waals surface area contributed by atoms with Gasteiger partial charge in [0.1, 0.15) is 0 Å². The van der Waals surface area contributed by atoms with E-state index in [1.54, 1.807) is 27.9 Å². The SMILES string of the molecule is COCC1(CNC(=O)c2ccc(S(=O)(=O)NC(C)(C)C)o2)CCNCC1.Cl. The highest BCUT2D eigenvalue weighted by molar-refractivity contribution is 7.89. The molecule has 0 atom stereocenters. The van der Waals surface area contributed by atoms with Crippen LogP contribution in [0.5, 0.6) is 0 Å². The molecule has 0 spiro atoms. The number of sulfonamides is 1. The van der Waals surface area contributed by atoms with Crippen LogP contribution >= 0.6 is 12.4 Å². The smallest absolute Gasteiger partial charge is 0.287 e. The number of furan rings is 1. The predicted octanol–water partition coefficient (Wildman–Crippen LogP) is 1.52. The molecule has 3 N–H and O–H groups in total. The average Bonchev–Trinajstić information content (AvgIpc) is 3.03. The molecule has 1 aromatic rings. The van der Waals surface area contributed by atoms with E-state index in [0.29, 0.717) is 13.2 Å². The number of halogens is 1. The fourth-order valence-electron chi connectivity index (χ4n) is 3.03. The van der Waals surface area contributed by atoms with Crippen LogP contribution < -0.4 is 15.4 Å². The number of hydrogen-bond acceptors (Lipinski definition) is 6. The third-order valence-corrected chi connectivity index (χ3v) is 5.88. The van der Waals surface area contributed by atoms with Gasteiger partial charge in [0.25, 0.3) is 15.9 Å². The number of piperidine rings is 1. The van der Waals surface area contributed by atoms with E-state index in [-0.39, 0.29) is 28.7 Å². The Bertz CT molecular complexity index is 716. The summed E-state index contributed by atoms with van der Waals surface area (Å²) in [5, 5.41) is 5.87. The van der Waals surface area contributed by atoms with Crippen molar-refractivity contribution in [2.24, 2.45) is 5.41 Å². The summed E-state index contributed by atoms with van der Waals surface area (Å²) in [4.78, 5) is 12.4. The van der Waals surface area contributed by atoms with Crippen molar-refractivity contribution in [1.82, 2.24) is 15.4 Å².